The van der Waals surface area contributed by atoms with Crippen molar-refractivity contribution in [2.45, 2.75) is 6.42 Å². The van der Waals surface area contributed by atoms with Gasteiger partial charge in [0.15, 0.2) is 0 Å². The molecule has 3 rings (SSSR count). The van der Waals surface area contributed by atoms with Gasteiger partial charge in [-0.25, -0.2) is 4.98 Å². The average Bonchev–Trinajstić information content (AvgIpc) is 3.03. The van der Waals surface area contributed by atoms with E-state index in [1.807, 2.05) is 30.5 Å². The Morgan fingerprint density at radius 1 is 1.20 bits per heavy atom. The highest BCUT2D eigenvalue weighted by atomic mass is 16.2. The lowest BCUT2D eigenvalue weighted by atomic mass is 10.2. The van der Waals surface area contributed by atoms with Crippen LogP contribution in [0.15, 0.2) is 74.0 Å². The topological polar surface area (TPSA) is 47.8 Å². The third-order valence-corrected chi connectivity index (χ3v) is 2.62. The first-order valence-corrected chi connectivity index (χ1v) is 6.23. The van der Waals surface area contributed by atoms with E-state index in [9.17, 15) is 4.79 Å². The Hall–Kier alpha value is -2.75. The summed E-state index contributed by atoms with van der Waals surface area (Å²) >= 11 is 0. The zero-order valence-corrected chi connectivity index (χ0v) is 11.0. The lowest BCUT2D eigenvalue weighted by molar-refractivity contribution is 0.0917. The highest BCUT2D eigenvalue weighted by molar-refractivity contribution is 5.79. The van der Waals surface area contributed by atoms with Crippen molar-refractivity contribution < 1.29 is 4.79 Å². The molecular weight excluding hydrogens is 250 g/mol. The second kappa shape index (κ2) is 6.99. The second-order valence-corrected chi connectivity index (χ2v) is 4.05. The quantitative estimate of drug-likeness (QED) is 0.668. The number of imidazole rings is 1. The molecule has 2 heterocycles. The van der Waals surface area contributed by atoms with Gasteiger partial charge in [-0.1, -0.05) is 30.3 Å². The van der Waals surface area contributed by atoms with Crippen LogP contribution in [0, 0.1) is 0 Å². The molecule has 0 saturated heterocycles. The van der Waals surface area contributed by atoms with Crippen molar-refractivity contribution in [3.8, 4) is 0 Å². The zero-order valence-electron chi connectivity index (χ0n) is 11.0. The molecule has 0 aliphatic carbocycles. The Morgan fingerprint density at radius 3 is 2.70 bits per heavy atom. The monoisotopic (exact) mass is 265 g/mol. The number of allylic oxidation sites excluding steroid dienone is 1. The summed E-state index contributed by atoms with van der Waals surface area (Å²) in [5, 5.41) is 1.20. The molecule has 2 aromatic heterocycles. The normalized spacial score (nSPS) is 9.60. The first kappa shape index (κ1) is 13.7. The molecule has 4 heteroatoms. The van der Waals surface area contributed by atoms with Gasteiger partial charge in [-0.2, -0.15) is 0 Å². The first-order valence-electron chi connectivity index (χ1n) is 6.23. The largest absolute Gasteiger partial charge is 0.276 e. The van der Waals surface area contributed by atoms with Crippen molar-refractivity contribution in [3.05, 3.63) is 74.0 Å². The summed E-state index contributed by atoms with van der Waals surface area (Å²) in [6.45, 7) is 3.46. The van der Waals surface area contributed by atoms with Crippen LogP contribution < -0.4 is 0 Å². The third kappa shape index (κ3) is 3.62. The summed E-state index contributed by atoms with van der Waals surface area (Å²) in [4.78, 5) is 18.9. The molecule has 0 atom stereocenters. The molecule has 4 nitrogen and oxygen atoms in total. The lowest BCUT2D eigenvalue weighted by Crippen LogP contribution is -2.05. The van der Waals surface area contributed by atoms with Crippen LogP contribution in [-0.4, -0.2) is 20.4 Å². The fourth-order valence-corrected chi connectivity index (χ4v) is 1.65. The lowest BCUT2D eigenvalue weighted by Gasteiger charge is -1.93. The Balaban J connectivity index is 0.000000147. The maximum atomic E-state index is 11.0. The number of rotatable bonds is 2. The molecule has 0 amide bonds. The summed E-state index contributed by atoms with van der Waals surface area (Å²) in [5.41, 5.74) is 1.06. The highest BCUT2D eigenvalue weighted by Crippen LogP contribution is 2.07. The van der Waals surface area contributed by atoms with Gasteiger partial charge in [0.25, 0.3) is 0 Å². The zero-order chi connectivity index (χ0) is 14.2. The number of aromatic nitrogens is 3. The minimum absolute atomic E-state index is 0.00694. The van der Waals surface area contributed by atoms with Crippen LogP contribution in [0.1, 0.15) is 11.2 Å². The number of hydrogen-bond donors (Lipinski definition) is 0. The van der Waals surface area contributed by atoms with Crippen molar-refractivity contribution in [2.75, 3.05) is 0 Å². The predicted molar refractivity (Wildman–Crippen MR) is 79.4 cm³/mol. The number of hydrogen-bond acceptors (Lipinski definition) is 3. The summed E-state index contributed by atoms with van der Waals surface area (Å²) in [5.74, 6) is -0.00694. The Bertz CT molecular complexity index is 624. The van der Waals surface area contributed by atoms with E-state index in [1.54, 1.807) is 18.5 Å². The van der Waals surface area contributed by atoms with Gasteiger partial charge in [-0.15, -0.1) is 6.58 Å². The SMILES string of the molecule is C=CCC(=O)n1ccnc1.c1ccc2ncccc2c1. The summed E-state index contributed by atoms with van der Waals surface area (Å²) in [7, 11) is 0. The number of nitrogens with zero attached hydrogens (tertiary/aromatic N) is 3. The van der Waals surface area contributed by atoms with Crippen LogP contribution in [-0.2, 0) is 0 Å². The summed E-state index contributed by atoms with van der Waals surface area (Å²) in [6.07, 6.45) is 8.40. The number of carbonyl (C=O) groups excluding carboxylic acids is 1. The van der Waals surface area contributed by atoms with Crippen molar-refractivity contribution >= 4 is 16.8 Å². The van der Waals surface area contributed by atoms with Gasteiger partial charge in [-0.05, 0) is 12.1 Å². The van der Waals surface area contributed by atoms with Gasteiger partial charge in [0, 0.05) is 30.4 Å². The molecule has 0 spiro atoms. The van der Waals surface area contributed by atoms with Gasteiger partial charge in [0.1, 0.15) is 6.33 Å². The number of para-hydroxylation sites is 1. The molecule has 1 aromatic carbocycles. The van der Waals surface area contributed by atoms with Gasteiger partial charge >= 0.3 is 0 Å². The van der Waals surface area contributed by atoms with E-state index >= 15 is 0 Å². The minimum atomic E-state index is -0.00694. The number of benzene rings is 1. The van der Waals surface area contributed by atoms with Crippen LogP contribution in [0.2, 0.25) is 0 Å². The standard InChI is InChI=1S/C9H7N.C7H8N2O/c1-2-6-9-8(4-1)5-3-7-10-9;1-2-3-7(10)9-5-4-8-6-9/h1-7H;2,4-6H,1,3H2. The maximum Gasteiger partial charge on any atom is 0.235 e. The van der Waals surface area contributed by atoms with Crippen LogP contribution in [0.3, 0.4) is 0 Å². The molecule has 0 fully saturated rings. The number of pyridine rings is 1. The van der Waals surface area contributed by atoms with E-state index in [-0.39, 0.29) is 5.91 Å². The first-order chi connectivity index (χ1) is 9.81. The number of fused-ring (bicyclic) bond motifs is 1. The van der Waals surface area contributed by atoms with E-state index < -0.39 is 0 Å². The molecular formula is C16H15N3O. The van der Waals surface area contributed by atoms with E-state index in [1.165, 1.54) is 16.3 Å². The Labute approximate surface area is 117 Å². The van der Waals surface area contributed by atoms with Crippen molar-refractivity contribution in [2.24, 2.45) is 0 Å². The van der Waals surface area contributed by atoms with E-state index in [0.717, 1.165) is 5.52 Å². The summed E-state index contributed by atoms with van der Waals surface area (Å²) in [6, 6.07) is 12.1. The minimum Gasteiger partial charge on any atom is -0.276 e. The molecule has 0 aliphatic rings. The molecule has 0 saturated carbocycles. The van der Waals surface area contributed by atoms with E-state index in [0.29, 0.717) is 6.42 Å². The van der Waals surface area contributed by atoms with Crippen LogP contribution in [0.5, 0.6) is 0 Å². The predicted octanol–water partition coefficient (Wildman–Crippen LogP) is 3.33. The molecule has 3 aromatic rings. The summed E-state index contributed by atoms with van der Waals surface area (Å²) < 4.78 is 1.43. The molecule has 0 aliphatic heterocycles. The average molecular weight is 265 g/mol. The molecule has 100 valence electrons. The van der Waals surface area contributed by atoms with Gasteiger partial charge in [-0.3, -0.25) is 14.3 Å². The fourth-order valence-electron chi connectivity index (χ4n) is 1.65. The van der Waals surface area contributed by atoms with E-state index in [4.69, 9.17) is 0 Å². The smallest absolute Gasteiger partial charge is 0.235 e. The Kier molecular flexibility index (Phi) is 4.78. The Morgan fingerprint density at radius 2 is 2.00 bits per heavy atom. The van der Waals surface area contributed by atoms with Crippen molar-refractivity contribution in [3.63, 3.8) is 0 Å². The third-order valence-electron chi connectivity index (χ3n) is 2.62. The van der Waals surface area contributed by atoms with Gasteiger partial charge in [0.05, 0.1) is 5.52 Å². The van der Waals surface area contributed by atoms with Crippen LogP contribution in [0.25, 0.3) is 10.9 Å². The van der Waals surface area contributed by atoms with Crippen LogP contribution in [0.4, 0.5) is 0 Å². The second-order valence-electron chi connectivity index (χ2n) is 4.05. The maximum absolute atomic E-state index is 11.0. The van der Waals surface area contributed by atoms with Gasteiger partial charge in [0.2, 0.25) is 5.91 Å². The fraction of sp³-hybridized carbons (Fsp3) is 0.0625. The van der Waals surface area contributed by atoms with Gasteiger partial charge < -0.3 is 0 Å². The van der Waals surface area contributed by atoms with Crippen molar-refractivity contribution in [1.29, 1.82) is 0 Å². The molecule has 20 heavy (non-hydrogen) atoms. The van der Waals surface area contributed by atoms with Crippen LogP contribution >= 0.6 is 0 Å². The highest BCUT2D eigenvalue weighted by Gasteiger charge is 1.98. The molecule has 0 N–H and O–H groups in total. The number of carbonyl (C=O) groups is 1. The molecule has 0 unspecified atom stereocenters. The van der Waals surface area contributed by atoms with Crippen molar-refractivity contribution in [1.82, 2.24) is 14.5 Å². The molecule has 0 radical (unpaired) electrons. The van der Waals surface area contributed by atoms with E-state index in [2.05, 4.69) is 28.7 Å². The molecule has 0 bridgehead atoms.